The largest absolute Gasteiger partial charge is 0.334 e. The second-order valence-electron chi connectivity index (χ2n) is 5.48. The lowest BCUT2D eigenvalue weighted by Crippen LogP contribution is -2.12. The smallest absolute Gasteiger partial charge is 0.264 e. The first-order valence-corrected chi connectivity index (χ1v) is 10.2. The number of sulfonamides is 1. The maximum Gasteiger partial charge on any atom is 0.264 e. The van der Waals surface area contributed by atoms with Crippen molar-refractivity contribution in [1.29, 1.82) is 0 Å². The fourth-order valence-corrected chi connectivity index (χ4v) is 5.20. The predicted molar refractivity (Wildman–Crippen MR) is 99.0 cm³/mol. The van der Waals surface area contributed by atoms with Crippen molar-refractivity contribution >= 4 is 50.2 Å². The lowest BCUT2D eigenvalue weighted by molar-refractivity contribution is 0.419. The molecule has 2 aromatic heterocycles. The van der Waals surface area contributed by atoms with Gasteiger partial charge in [0.15, 0.2) is 5.82 Å². The second-order valence-corrected chi connectivity index (χ2v) is 9.42. The Hall–Kier alpha value is -1.61. The highest BCUT2D eigenvalue weighted by Crippen LogP contribution is 2.35. The molecule has 3 aromatic rings. The van der Waals surface area contributed by atoms with Crippen molar-refractivity contribution in [3.05, 3.63) is 44.8 Å². The summed E-state index contributed by atoms with van der Waals surface area (Å²) in [5.41, 5.74) is 1.07. The number of hydrogen-bond donors (Lipinski definition) is 1. The van der Waals surface area contributed by atoms with E-state index in [1.54, 1.807) is 24.3 Å². The van der Waals surface area contributed by atoms with Crippen molar-refractivity contribution in [2.45, 2.75) is 24.7 Å². The first-order valence-electron chi connectivity index (χ1n) is 7.18. The standard InChI is InChI=1S/C15H13Cl2N3O3S2/c1-8(2)14-18-15(23-19-14)9-3-5-10(6-4-9)20-25(21,22)11-7-12(16)24-13(11)17/h3-8,20H,1-2H3. The number of aromatic nitrogens is 2. The Kier molecular flexibility index (Phi) is 5.06. The van der Waals surface area contributed by atoms with Gasteiger partial charge in [0.25, 0.3) is 15.9 Å². The molecule has 0 aliphatic heterocycles. The minimum Gasteiger partial charge on any atom is -0.334 e. The van der Waals surface area contributed by atoms with Gasteiger partial charge in [-0.05, 0) is 30.3 Å². The van der Waals surface area contributed by atoms with Crippen LogP contribution in [0.1, 0.15) is 25.6 Å². The van der Waals surface area contributed by atoms with Crippen LogP contribution in [0.15, 0.2) is 39.8 Å². The molecule has 6 nitrogen and oxygen atoms in total. The van der Waals surface area contributed by atoms with Gasteiger partial charge in [0.2, 0.25) is 0 Å². The van der Waals surface area contributed by atoms with E-state index in [1.165, 1.54) is 6.07 Å². The second kappa shape index (κ2) is 6.95. The molecule has 0 saturated heterocycles. The van der Waals surface area contributed by atoms with Crippen LogP contribution in [0.4, 0.5) is 5.69 Å². The summed E-state index contributed by atoms with van der Waals surface area (Å²) in [6, 6.07) is 7.91. The van der Waals surface area contributed by atoms with E-state index in [0.717, 1.165) is 11.3 Å². The van der Waals surface area contributed by atoms with Crippen LogP contribution in [0, 0.1) is 0 Å². The molecule has 0 bridgehead atoms. The Balaban J connectivity index is 1.81. The first-order chi connectivity index (χ1) is 11.8. The molecule has 0 fully saturated rings. The summed E-state index contributed by atoms with van der Waals surface area (Å²) in [6.45, 7) is 3.93. The van der Waals surface area contributed by atoms with Crippen molar-refractivity contribution in [2.24, 2.45) is 0 Å². The van der Waals surface area contributed by atoms with Crippen LogP contribution in [-0.4, -0.2) is 18.6 Å². The fourth-order valence-electron chi connectivity index (χ4n) is 1.99. The maximum absolute atomic E-state index is 12.4. The van der Waals surface area contributed by atoms with Gasteiger partial charge in [-0.15, -0.1) is 11.3 Å². The Bertz CT molecular complexity index is 995. The molecule has 1 N–H and O–H groups in total. The molecule has 0 radical (unpaired) electrons. The third-order valence-corrected chi connectivity index (χ3v) is 6.39. The zero-order valence-corrected chi connectivity index (χ0v) is 16.3. The predicted octanol–water partition coefficient (Wildman–Crippen LogP) is 5.03. The van der Waals surface area contributed by atoms with Crippen LogP contribution in [0.5, 0.6) is 0 Å². The molecule has 132 valence electrons. The molecule has 3 rings (SSSR count). The van der Waals surface area contributed by atoms with E-state index in [2.05, 4.69) is 14.9 Å². The van der Waals surface area contributed by atoms with Gasteiger partial charge in [0.05, 0.1) is 4.34 Å². The minimum atomic E-state index is -3.82. The van der Waals surface area contributed by atoms with Gasteiger partial charge in [0, 0.05) is 17.2 Å². The average molecular weight is 418 g/mol. The number of nitrogens with zero attached hydrogens (tertiary/aromatic N) is 2. The van der Waals surface area contributed by atoms with E-state index < -0.39 is 10.0 Å². The molecule has 0 saturated carbocycles. The lowest BCUT2D eigenvalue weighted by Gasteiger charge is -2.07. The summed E-state index contributed by atoms with van der Waals surface area (Å²) in [7, 11) is -3.82. The number of benzene rings is 1. The number of nitrogens with one attached hydrogen (secondary N) is 1. The molecular formula is C15H13Cl2N3O3S2. The number of hydrogen-bond acceptors (Lipinski definition) is 6. The average Bonchev–Trinajstić information content (AvgIpc) is 3.15. The SMILES string of the molecule is CC(C)c1noc(-c2ccc(NS(=O)(=O)c3cc(Cl)sc3Cl)cc2)n1. The van der Waals surface area contributed by atoms with Gasteiger partial charge in [0.1, 0.15) is 9.23 Å². The van der Waals surface area contributed by atoms with Crippen LogP contribution in [0.2, 0.25) is 8.67 Å². The third-order valence-electron chi connectivity index (χ3n) is 3.26. The summed E-state index contributed by atoms with van der Waals surface area (Å²) in [6.07, 6.45) is 0. The Morgan fingerprint density at radius 2 is 1.88 bits per heavy atom. The monoisotopic (exact) mass is 417 g/mol. The third kappa shape index (κ3) is 3.98. The number of halogens is 2. The topological polar surface area (TPSA) is 85.1 Å². The quantitative estimate of drug-likeness (QED) is 0.628. The van der Waals surface area contributed by atoms with Crippen molar-refractivity contribution in [2.75, 3.05) is 4.72 Å². The van der Waals surface area contributed by atoms with Crippen molar-refractivity contribution < 1.29 is 12.9 Å². The van der Waals surface area contributed by atoms with Gasteiger partial charge in [-0.25, -0.2) is 8.42 Å². The lowest BCUT2D eigenvalue weighted by atomic mass is 10.2. The zero-order valence-electron chi connectivity index (χ0n) is 13.2. The zero-order chi connectivity index (χ0) is 18.2. The van der Waals surface area contributed by atoms with Crippen LogP contribution < -0.4 is 4.72 Å². The van der Waals surface area contributed by atoms with Crippen molar-refractivity contribution in [1.82, 2.24) is 10.1 Å². The van der Waals surface area contributed by atoms with Crippen LogP contribution >= 0.6 is 34.5 Å². The highest BCUT2D eigenvalue weighted by molar-refractivity contribution is 7.93. The van der Waals surface area contributed by atoms with Gasteiger partial charge in [-0.2, -0.15) is 4.98 Å². The van der Waals surface area contributed by atoms with Crippen LogP contribution in [0.3, 0.4) is 0 Å². The van der Waals surface area contributed by atoms with E-state index >= 15 is 0 Å². The van der Waals surface area contributed by atoms with E-state index in [-0.39, 0.29) is 15.1 Å². The van der Waals surface area contributed by atoms with Crippen molar-refractivity contribution in [3.8, 4) is 11.5 Å². The molecular weight excluding hydrogens is 405 g/mol. The number of thiophene rings is 1. The molecule has 0 amide bonds. The molecule has 10 heteroatoms. The first kappa shape index (κ1) is 18.2. The Morgan fingerprint density at radius 1 is 1.20 bits per heavy atom. The summed E-state index contributed by atoms with van der Waals surface area (Å²) < 4.78 is 32.8. The van der Waals surface area contributed by atoms with Gasteiger partial charge >= 0.3 is 0 Å². The van der Waals surface area contributed by atoms with E-state index in [9.17, 15) is 8.42 Å². The normalized spacial score (nSPS) is 11.9. The molecule has 0 aliphatic carbocycles. The minimum absolute atomic E-state index is 0.0493. The molecule has 0 spiro atoms. The summed E-state index contributed by atoms with van der Waals surface area (Å²) in [5, 5.41) is 3.90. The highest BCUT2D eigenvalue weighted by Gasteiger charge is 2.21. The fraction of sp³-hybridized carbons (Fsp3) is 0.200. The molecule has 25 heavy (non-hydrogen) atoms. The number of anilines is 1. The molecule has 1 aromatic carbocycles. The van der Waals surface area contributed by atoms with Gasteiger partial charge < -0.3 is 4.52 Å². The van der Waals surface area contributed by atoms with Crippen LogP contribution in [0.25, 0.3) is 11.5 Å². The number of rotatable bonds is 5. The maximum atomic E-state index is 12.4. The van der Waals surface area contributed by atoms with Gasteiger partial charge in [-0.3, -0.25) is 4.72 Å². The summed E-state index contributed by atoms with van der Waals surface area (Å²) >= 11 is 12.7. The molecule has 0 aliphatic rings. The van der Waals surface area contributed by atoms with E-state index in [0.29, 0.717) is 27.3 Å². The molecule has 2 heterocycles. The highest BCUT2D eigenvalue weighted by atomic mass is 35.5. The molecule has 0 unspecified atom stereocenters. The van der Waals surface area contributed by atoms with Crippen molar-refractivity contribution in [3.63, 3.8) is 0 Å². The van der Waals surface area contributed by atoms with Crippen LogP contribution in [-0.2, 0) is 10.0 Å². The summed E-state index contributed by atoms with van der Waals surface area (Å²) in [5.74, 6) is 1.15. The molecule has 0 atom stereocenters. The van der Waals surface area contributed by atoms with Gasteiger partial charge in [-0.1, -0.05) is 42.2 Å². The van der Waals surface area contributed by atoms with E-state index in [4.69, 9.17) is 27.7 Å². The Morgan fingerprint density at radius 3 is 2.40 bits per heavy atom. The Labute approximate surface area is 158 Å². The summed E-state index contributed by atoms with van der Waals surface area (Å²) in [4.78, 5) is 4.25. The van der Waals surface area contributed by atoms with E-state index in [1.807, 2.05) is 13.8 Å².